The summed E-state index contributed by atoms with van der Waals surface area (Å²) in [6, 6.07) is 14.4. The average molecular weight is 336 g/mol. The number of aliphatic hydroxyl groups excluding tert-OH is 1. The molecule has 2 aromatic carbocycles. The summed E-state index contributed by atoms with van der Waals surface area (Å²) in [6.07, 6.45) is 0.849. The number of nitriles is 1. The molecule has 5 nitrogen and oxygen atoms in total. The quantitative estimate of drug-likeness (QED) is 0.931. The number of carbonyl (C=O) groups excluding carboxylic acids is 1. The molecule has 0 aromatic heterocycles. The fourth-order valence-corrected chi connectivity index (χ4v) is 2.97. The molecule has 1 N–H and O–H groups in total. The zero-order valence-electron chi connectivity index (χ0n) is 14.1. The summed E-state index contributed by atoms with van der Waals surface area (Å²) < 4.78 is 5.84. The Balaban J connectivity index is 1.68. The molecule has 1 atom stereocenters. The first-order valence-electron chi connectivity index (χ1n) is 8.29. The normalized spacial score (nSPS) is 16.5. The van der Waals surface area contributed by atoms with Gasteiger partial charge in [-0.3, -0.25) is 4.79 Å². The molecule has 128 valence electrons. The van der Waals surface area contributed by atoms with Crippen LogP contribution in [-0.2, 0) is 0 Å². The fourth-order valence-electron chi connectivity index (χ4n) is 2.97. The third kappa shape index (κ3) is 3.81. The maximum atomic E-state index is 12.5. The summed E-state index contributed by atoms with van der Waals surface area (Å²) in [5, 5.41) is 18.1. The van der Waals surface area contributed by atoms with E-state index in [0.717, 1.165) is 12.0 Å². The van der Waals surface area contributed by atoms with Crippen LogP contribution >= 0.6 is 0 Å². The number of amides is 1. The van der Waals surface area contributed by atoms with Gasteiger partial charge in [-0.05, 0) is 61.4 Å². The summed E-state index contributed by atoms with van der Waals surface area (Å²) >= 11 is 0. The number of aryl methyl sites for hydroxylation is 1. The summed E-state index contributed by atoms with van der Waals surface area (Å²) in [4.78, 5) is 14.3. The largest absolute Gasteiger partial charge is 0.457 e. The standard InChI is InChI=1S/C20H20N2O3/c1-14-10-15(11-21)2-7-19(14)25-18-5-3-17(4-6-18)20(24)22-9-8-16(12-22)13-23/h2-7,10,16,23H,8-9,12-13H2,1H3. The van der Waals surface area contributed by atoms with Crippen molar-refractivity contribution in [1.82, 2.24) is 4.90 Å². The summed E-state index contributed by atoms with van der Waals surface area (Å²) in [7, 11) is 0. The minimum atomic E-state index is -0.0166. The van der Waals surface area contributed by atoms with Gasteiger partial charge < -0.3 is 14.7 Å². The summed E-state index contributed by atoms with van der Waals surface area (Å²) in [5.41, 5.74) is 2.09. The molecule has 1 aliphatic heterocycles. The van der Waals surface area contributed by atoms with Crippen molar-refractivity contribution in [2.45, 2.75) is 13.3 Å². The van der Waals surface area contributed by atoms with Gasteiger partial charge in [0.05, 0.1) is 11.6 Å². The topological polar surface area (TPSA) is 73.6 Å². The second kappa shape index (κ2) is 7.37. The molecule has 25 heavy (non-hydrogen) atoms. The first kappa shape index (κ1) is 17.0. The lowest BCUT2D eigenvalue weighted by molar-refractivity contribution is 0.0782. The van der Waals surface area contributed by atoms with Crippen molar-refractivity contribution in [1.29, 1.82) is 5.26 Å². The molecular weight excluding hydrogens is 316 g/mol. The van der Waals surface area contributed by atoms with Crippen molar-refractivity contribution < 1.29 is 14.6 Å². The molecule has 1 unspecified atom stereocenters. The Hall–Kier alpha value is -2.84. The predicted octanol–water partition coefficient (Wildman–Crippen LogP) is 3.11. The van der Waals surface area contributed by atoms with E-state index < -0.39 is 0 Å². The highest BCUT2D eigenvalue weighted by atomic mass is 16.5. The van der Waals surface area contributed by atoms with E-state index >= 15 is 0 Å². The zero-order valence-corrected chi connectivity index (χ0v) is 14.1. The molecule has 0 bridgehead atoms. The molecule has 1 amide bonds. The maximum Gasteiger partial charge on any atom is 0.253 e. The Labute approximate surface area is 147 Å². The van der Waals surface area contributed by atoms with Gasteiger partial charge in [-0.15, -0.1) is 0 Å². The number of nitrogens with zero attached hydrogens (tertiary/aromatic N) is 2. The molecule has 1 aliphatic rings. The van der Waals surface area contributed by atoms with E-state index in [-0.39, 0.29) is 18.4 Å². The lowest BCUT2D eigenvalue weighted by Gasteiger charge is -2.16. The highest BCUT2D eigenvalue weighted by molar-refractivity contribution is 5.94. The van der Waals surface area contributed by atoms with Crippen molar-refractivity contribution in [2.24, 2.45) is 5.92 Å². The second-order valence-electron chi connectivity index (χ2n) is 6.31. The minimum Gasteiger partial charge on any atom is -0.457 e. The van der Waals surface area contributed by atoms with E-state index in [4.69, 9.17) is 10.00 Å². The number of ether oxygens (including phenoxy) is 1. The van der Waals surface area contributed by atoms with Gasteiger partial charge in [-0.2, -0.15) is 5.26 Å². The monoisotopic (exact) mass is 336 g/mol. The highest BCUT2D eigenvalue weighted by Gasteiger charge is 2.26. The van der Waals surface area contributed by atoms with E-state index in [1.165, 1.54) is 0 Å². The van der Waals surface area contributed by atoms with Crippen molar-refractivity contribution >= 4 is 5.91 Å². The van der Waals surface area contributed by atoms with Crippen LogP contribution in [0.15, 0.2) is 42.5 Å². The lowest BCUT2D eigenvalue weighted by Crippen LogP contribution is -2.29. The zero-order chi connectivity index (χ0) is 17.8. The Morgan fingerprint density at radius 2 is 2.08 bits per heavy atom. The smallest absolute Gasteiger partial charge is 0.253 e. The number of rotatable bonds is 4. The number of likely N-dealkylation sites (tertiary alicyclic amines) is 1. The van der Waals surface area contributed by atoms with Crippen LogP contribution in [-0.4, -0.2) is 35.6 Å². The molecule has 1 saturated heterocycles. The number of hydrogen-bond donors (Lipinski definition) is 1. The van der Waals surface area contributed by atoms with E-state index in [1.807, 2.05) is 6.92 Å². The third-order valence-electron chi connectivity index (χ3n) is 4.46. The van der Waals surface area contributed by atoms with Crippen LogP contribution < -0.4 is 4.74 Å². The fraction of sp³-hybridized carbons (Fsp3) is 0.300. The van der Waals surface area contributed by atoms with E-state index in [2.05, 4.69) is 6.07 Å². The Kier molecular flexibility index (Phi) is 5.01. The van der Waals surface area contributed by atoms with Gasteiger partial charge in [-0.1, -0.05) is 0 Å². The van der Waals surface area contributed by atoms with Gasteiger partial charge in [-0.25, -0.2) is 0 Å². The average Bonchev–Trinajstić information content (AvgIpc) is 3.12. The van der Waals surface area contributed by atoms with Gasteiger partial charge in [0.25, 0.3) is 5.91 Å². The molecule has 0 spiro atoms. The Morgan fingerprint density at radius 3 is 2.68 bits per heavy atom. The van der Waals surface area contributed by atoms with Crippen LogP contribution in [0.2, 0.25) is 0 Å². The van der Waals surface area contributed by atoms with E-state index in [0.29, 0.717) is 35.7 Å². The lowest BCUT2D eigenvalue weighted by atomic mass is 10.1. The molecule has 0 saturated carbocycles. The van der Waals surface area contributed by atoms with Crippen LogP contribution in [0.25, 0.3) is 0 Å². The van der Waals surface area contributed by atoms with Crippen LogP contribution in [0.1, 0.15) is 27.9 Å². The molecule has 1 fully saturated rings. The summed E-state index contributed by atoms with van der Waals surface area (Å²) in [5.74, 6) is 1.49. The third-order valence-corrected chi connectivity index (χ3v) is 4.46. The SMILES string of the molecule is Cc1cc(C#N)ccc1Oc1ccc(C(=O)N2CCC(CO)C2)cc1. The maximum absolute atomic E-state index is 12.5. The molecule has 0 radical (unpaired) electrons. The van der Waals surface area contributed by atoms with Gasteiger partial charge >= 0.3 is 0 Å². The van der Waals surface area contributed by atoms with E-state index in [1.54, 1.807) is 47.4 Å². The first-order valence-corrected chi connectivity index (χ1v) is 8.29. The van der Waals surface area contributed by atoms with Crippen LogP contribution in [0.3, 0.4) is 0 Å². The Morgan fingerprint density at radius 1 is 1.32 bits per heavy atom. The van der Waals surface area contributed by atoms with Gasteiger partial charge in [0.2, 0.25) is 0 Å². The number of carbonyl (C=O) groups is 1. The molecule has 1 heterocycles. The number of benzene rings is 2. The molecule has 5 heteroatoms. The van der Waals surface area contributed by atoms with Crippen molar-refractivity contribution in [2.75, 3.05) is 19.7 Å². The number of hydrogen-bond acceptors (Lipinski definition) is 4. The Bertz CT molecular complexity index is 809. The van der Waals surface area contributed by atoms with Crippen molar-refractivity contribution in [3.05, 3.63) is 59.2 Å². The highest BCUT2D eigenvalue weighted by Crippen LogP contribution is 2.26. The van der Waals surface area contributed by atoms with Crippen LogP contribution in [0.5, 0.6) is 11.5 Å². The van der Waals surface area contributed by atoms with Gasteiger partial charge in [0.15, 0.2) is 0 Å². The van der Waals surface area contributed by atoms with Crippen molar-refractivity contribution in [3.8, 4) is 17.6 Å². The van der Waals surface area contributed by atoms with Crippen LogP contribution in [0, 0.1) is 24.2 Å². The van der Waals surface area contributed by atoms with E-state index in [9.17, 15) is 9.90 Å². The molecule has 0 aliphatic carbocycles. The summed E-state index contributed by atoms with van der Waals surface area (Å²) in [6.45, 7) is 3.31. The molecule has 3 rings (SSSR count). The predicted molar refractivity (Wildman–Crippen MR) is 93.5 cm³/mol. The second-order valence-corrected chi connectivity index (χ2v) is 6.31. The number of aliphatic hydroxyl groups is 1. The van der Waals surface area contributed by atoms with Crippen LogP contribution in [0.4, 0.5) is 0 Å². The van der Waals surface area contributed by atoms with Gasteiger partial charge in [0.1, 0.15) is 11.5 Å². The minimum absolute atomic E-state index is 0.0166. The molecule has 2 aromatic rings. The van der Waals surface area contributed by atoms with Crippen molar-refractivity contribution in [3.63, 3.8) is 0 Å². The van der Waals surface area contributed by atoms with Gasteiger partial charge in [0, 0.05) is 31.2 Å². The molecular formula is C20H20N2O3. The first-order chi connectivity index (χ1) is 12.1.